The fourth-order valence-electron chi connectivity index (χ4n) is 1.57. The van der Waals surface area contributed by atoms with Crippen LogP contribution >= 0.6 is 0 Å². The summed E-state index contributed by atoms with van der Waals surface area (Å²) in [5.74, 6) is -2.88. The first-order valence-electron chi connectivity index (χ1n) is 5.45. The topological polar surface area (TPSA) is 84.2 Å². The minimum Gasteiger partial charge on any atom is -0.392 e. The van der Waals surface area contributed by atoms with Crippen molar-refractivity contribution in [2.75, 3.05) is 4.72 Å². The lowest BCUT2D eigenvalue weighted by Gasteiger charge is -2.08. The second-order valence-electron chi connectivity index (χ2n) is 4.03. The Morgan fingerprint density at radius 3 is 2.65 bits per heavy atom. The average Bonchev–Trinajstić information content (AvgIpc) is 2.76. The number of halogens is 2. The number of nitrogens with zero attached hydrogens (tertiary/aromatic N) is 2. The molecule has 0 saturated heterocycles. The van der Waals surface area contributed by atoms with Crippen LogP contribution in [0.3, 0.4) is 0 Å². The number of sulfonamides is 1. The Morgan fingerprint density at radius 2 is 2.10 bits per heavy atom. The molecule has 1 heterocycles. The predicted molar refractivity (Wildman–Crippen MR) is 66.3 cm³/mol. The van der Waals surface area contributed by atoms with Crippen molar-refractivity contribution in [3.05, 3.63) is 41.6 Å². The van der Waals surface area contributed by atoms with Crippen LogP contribution in [0.15, 0.2) is 29.3 Å². The smallest absolute Gasteiger partial charge is 0.266 e. The van der Waals surface area contributed by atoms with E-state index in [0.29, 0.717) is 0 Å². The molecule has 1 aromatic carbocycles. The van der Waals surface area contributed by atoms with Crippen LogP contribution < -0.4 is 4.72 Å². The minimum atomic E-state index is -4.34. The number of aromatic nitrogens is 2. The summed E-state index contributed by atoms with van der Waals surface area (Å²) >= 11 is 0. The van der Waals surface area contributed by atoms with Gasteiger partial charge in [0, 0.05) is 19.3 Å². The van der Waals surface area contributed by atoms with Crippen LogP contribution in [0.1, 0.15) is 5.56 Å². The summed E-state index contributed by atoms with van der Waals surface area (Å²) in [6, 6.07) is 2.96. The summed E-state index contributed by atoms with van der Waals surface area (Å²) in [5, 5.41) is 12.7. The highest BCUT2D eigenvalue weighted by Crippen LogP contribution is 2.22. The molecule has 6 nitrogen and oxygen atoms in total. The van der Waals surface area contributed by atoms with E-state index in [1.165, 1.54) is 16.9 Å². The van der Waals surface area contributed by atoms with E-state index in [4.69, 9.17) is 5.11 Å². The Labute approximate surface area is 113 Å². The Bertz CT molecular complexity index is 743. The molecular formula is C11H11F2N3O3S. The SMILES string of the molecule is Cn1ccc(NS(=O)(=O)c2cc(CO)cc(F)c2F)n1. The summed E-state index contributed by atoms with van der Waals surface area (Å²) in [5.41, 5.74) is -0.0507. The van der Waals surface area contributed by atoms with Crippen LogP contribution in [-0.2, 0) is 23.7 Å². The first-order chi connectivity index (χ1) is 9.33. The summed E-state index contributed by atoms with van der Waals surface area (Å²) in [6.07, 6.45) is 1.49. The van der Waals surface area contributed by atoms with E-state index in [0.717, 1.165) is 12.1 Å². The van der Waals surface area contributed by atoms with Gasteiger partial charge in [0.1, 0.15) is 4.90 Å². The maximum atomic E-state index is 13.6. The second-order valence-corrected chi connectivity index (χ2v) is 5.68. The van der Waals surface area contributed by atoms with E-state index in [-0.39, 0.29) is 11.4 Å². The number of anilines is 1. The zero-order valence-electron chi connectivity index (χ0n) is 10.3. The third-order valence-electron chi connectivity index (χ3n) is 2.48. The third kappa shape index (κ3) is 2.78. The number of nitrogens with one attached hydrogen (secondary N) is 1. The van der Waals surface area contributed by atoms with Crippen LogP contribution in [0.5, 0.6) is 0 Å². The van der Waals surface area contributed by atoms with Crippen molar-refractivity contribution >= 4 is 15.8 Å². The Kier molecular flexibility index (Phi) is 3.73. The van der Waals surface area contributed by atoms with Crippen molar-refractivity contribution in [2.45, 2.75) is 11.5 Å². The van der Waals surface area contributed by atoms with E-state index < -0.39 is 33.2 Å². The fraction of sp³-hybridized carbons (Fsp3) is 0.182. The largest absolute Gasteiger partial charge is 0.392 e. The molecule has 2 rings (SSSR count). The second kappa shape index (κ2) is 5.17. The van der Waals surface area contributed by atoms with Gasteiger partial charge >= 0.3 is 0 Å². The molecule has 0 aliphatic heterocycles. The molecule has 0 radical (unpaired) electrons. The molecule has 0 spiro atoms. The number of hydrogen-bond donors (Lipinski definition) is 2. The summed E-state index contributed by atoms with van der Waals surface area (Å²) in [7, 11) is -2.76. The lowest BCUT2D eigenvalue weighted by molar-refractivity contribution is 0.280. The zero-order valence-corrected chi connectivity index (χ0v) is 11.2. The van der Waals surface area contributed by atoms with Gasteiger partial charge in [-0.1, -0.05) is 0 Å². The number of hydrogen-bond acceptors (Lipinski definition) is 4. The molecule has 108 valence electrons. The molecule has 0 bridgehead atoms. The van der Waals surface area contributed by atoms with Gasteiger partial charge in [-0.15, -0.1) is 0 Å². The molecule has 0 fully saturated rings. The molecule has 9 heteroatoms. The van der Waals surface area contributed by atoms with Gasteiger partial charge in [0.25, 0.3) is 10.0 Å². The Hall–Kier alpha value is -2.00. The van der Waals surface area contributed by atoms with Crippen LogP contribution in [0, 0.1) is 11.6 Å². The van der Waals surface area contributed by atoms with Crippen LogP contribution in [0.25, 0.3) is 0 Å². The van der Waals surface area contributed by atoms with Crippen LogP contribution in [0.4, 0.5) is 14.6 Å². The maximum absolute atomic E-state index is 13.6. The van der Waals surface area contributed by atoms with E-state index >= 15 is 0 Å². The molecular weight excluding hydrogens is 292 g/mol. The highest BCUT2D eigenvalue weighted by atomic mass is 32.2. The molecule has 0 amide bonds. The normalized spacial score (nSPS) is 11.6. The summed E-state index contributed by atoms with van der Waals surface area (Å²) in [4.78, 5) is -0.882. The molecule has 1 aromatic heterocycles. The monoisotopic (exact) mass is 303 g/mol. The van der Waals surface area contributed by atoms with Gasteiger partial charge in [0.15, 0.2) is 17.5 Å². The standard InChI is InChI=1S/C11H11F2N3O3S/c1-16-3-2-10(14-16)15-20(18,19)9-5-7(6-17)4-8(12)11(9)13/h2-5,17H,6H2,1H3,(H,14,15). The van der Waals surface area contributed by atoms with Gasteiger partial charge in [-0.2, -0.15) is 5.10 Å². The molecule has 0 aliphatic carbocycles. The average molecular weight is 303 g/mol. The molecule has 0 aliphatic rings. The molecule has 0 saturated carbocycles. The van der Waals surface area contributed by atoms with Crippen LogP contribution in [0.2, 0.25) is 0 Å². The molecule has 0 atom stereocenters. The van der Waals surface area contributed by atoms with Crippen molar-refractivity contribution in [1.29, 1.82) is 0 Å². The highest BCUT2D eigenvalue weighted by molar-refractivity contribution is 7.92. The summed E-state index contributed by atoms with van der Waals surface area (Å²) < 4.78 is 54.3. The molecule has 2 aromatic rings. The van der Waals surface area contributed by atoms with E-state index in [1.807, 2.05) is 4.72 Å². The van der Waals surface area contributed by atoms with Crippen LogP contribution in [-0.4, -0.2) is 23.3 Å². The highest BCUT2D eigenvalue weighted by Gasteiger charge is 2.23. The Balaban J connectivity index is 2.46. The maximum Gasteiger partial charge on any atom is 0.266 e. The third-order valence-corrected chi connectivity index (χ3v) is 3.83. The lowest BCUT2D eigenvalue weighted by Crippen LogP contribution is -2.16. The summed E-state index contributed by atoms with van der Waals surface area (Å²) in [6.45, 7) is -0.608. The van der Waals surface area contributed by atoms with E-state index in [1.54, 1.807) is 7.05 Å². The van der Waals surface area contributed by atoms with Gasteiger partial charge in [-0.25, -0.2) is 17.2 Å². The van der Waals surface area contributed by atoms with Crippen molar-refractivity contribution in [2.24, 2.45) is 7.05 Å². The van der Waals surface area contributed by atoms with Crippen molar-refractivity contribution in [3.8, 4) is 0 Å². The lowest BCUT2D eigenvalue weighted by atomic mass is 10.2. The van der Waals surface area contributed by atoms with Crippen molar-refractivity contribution < 1.29 is 22.3 Å². The number of rotatable bonds is 4. The zero-order chi connectivity index (χ0) is 14.9. The molecule has 0 unspecified atom stereocenters. The quantitative estimate of drug-likeness (QED) is 0.882. The van der Waals surface area contributed by atoms with Gasteiger partial charge in [-0.3, -0.25) is 9.40 Å². The number of aryl methyl sites for hydroxylation is 1. The Morgan fingerprint density at radius 1 is 1.40 bits per heavy atom. The fourth-order valence-corrected chi connectivity index (χ4v) is 2.70. The number of aliphatic hydroxyl groups is 1. The van der Waals surface area contributed by atoms with Gasteiger partial charge in [0.05, 0.1) is 6.61 Å². The minimum absolute atomic E-state index is 0.0262. The van der Waals surface area contributed by atoms with Gasteiger partial charge in [-0.05, 0) is 17.7 Å². The number of benzene rings is 1. The molecule has 20 heavy (non-hydrogen) atoms. The van der Waals surface area contributed by atoms with Gasteiger partial charge in [0.2, 0.25) is 0 Å². The van der Waals surface area contributed by atoms with Gasteiger partial charge < -0.3 is 5.11 Å². The first-order valence-corrected chi connectivity index (χ1v) is 6.93. The predicted octanol–water partition coefficient (Wildman–Crippen LogP) is 0.991. The van der Waals surface area contributed by atoms with Crippen molar-refractivity contribution in [1.82, 2.24) is 9.78 Å². The first kappa shape index (κ1) is 14.4. The number of aliphatic hydroxyl groups excluding tert-OH is 1. The molecule has 2 N–H and O–H groups in total. The van der Waals surface area contributed by atoms with Crippen molar-refractivity contribution in [3.63, 3.8) is 0 Å². The van der Waals surface area contributed by atoms with E-state index in [9.17, 15) is 17.2 Å². The van der Waals surface area contributed by atoms with E-state index in [2.05, 4.69) is 5.10 Å².